The Balaban J connectivity index is 2.05. The highest BCUT2D eigenvalue weighted by Gasteiger charge is 2.28. The van der Waals surface area contributed by atoms with Crippen LogP contribution in [0.1, 0.15) is 51.2 Å². The number of nitrogens with zero attached hydrogens (tertiary/aromatic N) is 1. The molecule has 31 heavy (non-hydrogen) atoms. The number of hydrogen-bond acceptors (Lipinski definition) is 3. The molecule has 0 unspecified atom stereocenters. The van der Waals surface area contributed by atoms with Crippen LogP contribution in [0.15, 0.2) is 48.5 Å². The summed E-state index contributed by atoms with van der Waals surface area (Å²) in [5.41, 5.74) is 2.14. The first-order chi connectivity index (χ1) is 14.8. The van der Waals surface area contributed by atoms with Crippen LogP contribution >= 0.6 is 11.6 Å². The summed E-state index contributed by atoms with van der Waals surface area (Å²) in [5.74, 6) is 0.555. The summed E-state index contributed by atoms with van der Waals surface area (Å²) in [6.45, 7) is 8.62. The third kappa shape index (κ3) is 8.25. The molecule has 0 heterocycles. The predicted molar refractivity (Wildman–Crippen MR) is 125 cm³/mol. The van der Waals surface area contributed by atoms with Crippen LogP contribution < -0.4 is 10.1 Å². The Kier molecular flexibility index (Phi) is 9.86. The fourth-order valence-electron chi connectivity index (χ4n) is 3.40. The number of halogens is 1. The molecule has 0 radical (unpaired) electrons. The van der Waals surface area contributed by atoms with Crippen LogP contribution in [0.3, 0.4) is 0 Å². The summed E-state index contributed by atoms with van der Waals surface area (Å²) in [5, 5.41) is 3.60. The number of rotatable bonds is 11. The molecule has 0 aliphatic heterocycles. The van der Waals surface area contributed by atoms with Crippen molar-refractivity contribution in [2.24, 2.45) is 0 Å². The molecule has 2 amide bonds. The van der Waals surface area contributed by atoms with E-state index in [-0.39, 0.29) is 17.9 Å². The van der Waals surface area contributed by atoms with Gasteiger partial charge in [0.1, 0.15) is 11.8 Å². The molecule has 168 valence electrons. The zero-order valence-corrected chi connectivity index (χ0v) is 19.6. The van der Waals surface area contributed by atoms with Gasteiger partial charge in [0.25, 0.3) is 0 Å². The molecule has 0 spiro atoms. The molecular weight excluding hydrogens is 412 g/mol. The average molecular weight is 445 g/mol. The van der Waals surface area contributed by atoms with E-state index in [1.165, 1.54) is 0 Å². The van der Waals surface area contributed by atoms with Crippen molar-refractivity contribution in [2.45, 2.75) is 65.6 Å². The molecule has 0 aromatic heterocycles. The lowest BCUT2D eigenvalue weighted by atomic mass is 10.1. The molecule has 1 atom stereocenters. The Bertz CT molecular complexity index is 852. The van der Waals surface area contributed by atoms with Crippen LogP contribution in [0.5, 0.6) is 5.75 Å². The smallest absolute Gasteiger partial charge is 0.243 e. The molecule has 2 aromatic rings. The number of carbonyl (C=O) groups is 2. The van der Waals surface area contributed by atoms with E-state index in [9.17, 15) is 9.59 Å². The van der Waals surface area contributed by atoms with E-state index in [0.29, 0.717) is 37.4 Å². The van der Waals surface area contributed by atoms with E-state index in [0.717, 1.165) is 16.9 Å². The quantitative estimate of drug-likeness (QED) is 0.488. The van der Waals surface area contributed by atoms with Gasteiger partial charge in [0, 0.05) is 24.0 Å². The van der Waals surface area contributed by atoms with Crippen LogP contribution in [0.2, 0.25) is 5.02 Å². The van der Waals surface area contributed by atoms with E-state index in [2.05, 4.69) is 11.4 Å². The highest BCUT2D eigenvalue weighted by atomic mass is 35.5. The van der Waals surface area contributed by atoms with Gasteiger partial charge in [-0.25, -0.2) is 0 Å². The SMILES string of the molecule is CC[C@H](C(=O)NC(C)C)N(Cc1cccc(C)c1)C(=O)CCCOc1ccc(Cl)cc1. The van der Waals surface area contributed by atoms with E-state index >= 15 is 0 Å². The maximum Gasteiger partial charge on any atom is 0.243 e. The monoisotopic (exact) mass is 444 g/mol. The lowest BCUT2D eigenvalue weighted by Crippen LogP contribution is -2.50. The Hall–Kier alpha value is -2.53. The van der Waals surface area contributed by atoms with Gasteiger partial charge in [-0.1, -0.05) is 48.4 Å². The summed E-state index contributed by atoms with van der Waals surface area (Å²) < 4.78 is 5.70. The van der Waals surface area contributed by atoms with Crippen molar-refractivity contribution in [3.63, 3.8) is 0 Å². The minimum absolute atomic E-state index is 0.0187. The topological polar surface area (TPSA) is 58.6 Å². The number of nitrogens with one attached hydrogen (secondary N) is 1. The standard InChI is InChI=1S/C25H33ClN2O3/c1-5-23(25(30)27-18(2)3)28(17-20-9-6-8-19(4)16-20)24(29)10-7-15-31-22-13-11-21(26)12-14-22/h6,8-9,11-14,16,18,23H,5,7,10,15,17H2,1-4H3,(H,27,30)/t23-/m1/s1. The molecule has 1 N–H and O–H groups in total. The van der Waals surface area contributed by atoms with Crippen molar-refractivity contribution < 1.29 is 14.3 Å². The minimum atomic E-state index is -0.507. The second kappa shape index (κ2) is 12.4. The van der Waals surface area contributed by atoms with E-state index in [1.54, 1.807) is 29.2 Å². The van der Waals surface area contributed by atoms with Crippen molar-refractivity contribution in [3.05, 3.63) is 64.7 Å². The lowest BCUT2D eigenvalue weighted by molar-refractivity contribution is -0.141. The third-order valence-electron chi connectivity index (χ3n) is 4.87. The molecule has 2 aromatic carbocycles. The first kappa shape index (κ1) is 24.7. The van der Waals surface area contributed by atoms with Crippen molar-refractivity contribution in [3.8, 4) is 5.75 Å². The molecular formula is C25H33ClN2O3. The van der Waals surface area contributed by atoms with Gasteiger partial charge >= 0.3 is 0 Å². The van der Waals surface area contributed by atoms with E-state index < -0.39 is 6.04 Å². The average Bonchev–Trinajstić information content (AvgIpc) is 2.71. The number of amides is 2. The zero-order valence-electron chi connectivity index (χ0n) is 18.9. The van der Waals surface area contributed by atoms with Crippen LogP contribution in [0.25, 0.3) is 0 Å². The first-order valence-electron chi connectivity index (χ1n) is 10.8. The number of carbonyl (C=O) groups excluding carboxylic acids is 2. The van der Waals surface area contributed by atoms with Crippen LogP contribution in [0, 0.1) is 6.92 Å². The molecule has 0 aliphatic carbocycles. The normalized spacial score (nSPS) is 11.8. The molecule has 0 aliphatic rings. The summed E-state index contributed by atoms with van der Waals surface area (Å²) in [4.78, 5) is 27.6. The highest BCUT2D eigenvalue weighted by molar-refractivity contribution is 6.30. The second-order valence-corrected chi connectivity index (χ2v) is 8.44. The van der Waals surface area contributed by atoms with Gasteiger partial charge in [0.05, 0.1) is 6.61 Å². The number of benzene rings is 2. The Morgan fingerprint density at radius 3 is 2.45 bits per heavy atom. The third-order valence-corrected chi connectivity index (χ3v) is 5.12. The minimum Gasteiger partial charge on any atom is -0.494 e. The maximum absolute atomic E-state index is 13.2. The molecule has 5 nitrogen and oxygen atoms in total. The lowest BCUT2D eigenvalue weighted by Gasteiger charge is -2.31. The molecule has 0 saturated carbocycles. The van der Waals surface area contributed by atoms with Crippen molar-refractivity contribution in [1.82, 2.24) is 10.2 Å². The van der Waals surface area contributed by atoms with Crippen molar-refractivity contribution in [1.29, 1.82) is 0 Å². The van der Waals surface area contributed by atoms with Gasteiger partial charge in [0.15, 0.2) is 0 Å². The Labute approximate surface area is 190 Å². The van der Waals surface area contributed by atoms with Crippen molar-refractivity contribution in [2.75, 3.05) is 6.61 Å². The largest absolute Gasteiger partial charge is 0.494 e. The van der Waals surface area contributed by atoms with Crippen molar-refractivity contribution >= 4 is 23.4 Å². The number of ether oxygens (including phenoxy) is 1. The molecule has 0 bridgehead atoms. The van der Waals surface area contributed by atoms with E-state index in [4.69, 9.17) is 16.3 Å². The molecule has 0 fully saturated rings. The van der Waals surface area contributed by atoms with Gasteiger partial charge < -0.3 is 15.0 Å². The van der Waals surface area contributed by atoms with E-state index in [1.807, 2.05) is 45.9 Å². The summed E-state index contributed by atoms with van der Waals surface area (Å²) in [6, 6.07) is 14.7. The highest BCUT2D eigenvalue weighted by Crippen LogP contribution is 2.17. The molecule has 2 rings (SSSR count). The molecule has 6 heteroatoms. The summed E-state index contributed by atoms with van der Waals surface area (Å²) in [6.07, 6.45) is 1.43. The molecule has 0 saturated heterocycles. The summed E-state index contributed by atoms with van der Waals surface area (Å²) in [7, 11) is 0. The van der Waals surface area contributed by atoms with Gasteiger partial charge in [0.2, 0.25) is 11.8 Å². The van der Waals surface area contributed by atoms with Gasteiger partial charge in [-0.05, 0) is 63.4 Å². The fourth-order valence-corrected chi connectivity index (χ4v) is 3.52. The van der Waals surface area contributed by atoms with Gasteiger partial charge in [-0.2, -0.15) is 0 Å². The Morgan fingerprint density at radius 1 is 1.13 bits per heavy atom. The second-order valence-electron chi connectivity index (χ2n) is 8.00. The predicted octanol–water partition coefficient (Wildman–Crippen LogP) is 5.14. The number of aryl methyl sites for hydroxylation is 1. The van der Waals surface area contributed by atoms with Crippen LogP contribution in [0.4, 0.5) is 0 Å². The van der Waals surface area contributed by atoms with Gasteiger partial charge in [-0.15, -0.1) is 0 Å². The maximum atomic E-state index is 13.2. The number of hydrogen-bond donors (Lipinski definition) is 1. The Morgan fingerprint density at radius 2 is 1.84 bits per heavy atom. The fraction of sp³-hybridized carbons (Fsp3) is 0.440. The van der Waals surface area contributed by atoms with Crippen LogP contribution in [-0.2, 0) is 16.1 Å². The first-order valence-corrected chi connectivity index (χ1v) is 11.2. The van der Waals surface area contributed by atoms with Gasteiger partial charge in [-0.3, -0.25) is 9.59 Å². The summed E-state index contributed by atoms with van der Waals surface area (Å²) >= 11 is 5.89. The van der Waals surface area contributed by atoms with Crippen LogP contribution in [-0.4, -0.2) is 35.4 Å². The zero-order chi connectivity index (χ0) is 22.8.